The van der Waals surface area contributed by atoms with E-state index in [2.05, 4.69) is 10.6 Å². The summed E-state index contributed by atoms with van der Waals surface area (Å²) in [6.07, 6.45) is 0.531. The molecule has 2 atom stereocenters. The van der Waals surface area contributed by atoms with Gasteiger partial charge in [0.2, 0.25) is 0 Å². The molecule has 1 aliphatic rings. The summed E-state index contributed by atoms with van der Waals surface area (Å²) in [5.41, 5.74) is 1.27. The Kier molecular flexibility index (Phi) is 6.96. The lowest BCUT2D eigenvalue weighted by molar-refractivity contribution is -0.150. The van der Waals surface area contributed by atoms with E-state index >= 15 is 0 Å². The fourth-order valence-corrected chi connectivity index (χ4v) is 2.98. The monoisotopic (exact) mass is 428 g/mol. The molecule has 9 nitrogen and oxygen atoms in total. The first kappa shape index (κ1) is 21.9. The van der Waals surface area contributed by atoms with E-state index in [1.807, 2.05) is 19.1 Å². The molecule has 31 heavy (non-hydrogen) atoms. The number of furan rings is 1. The first-order valence-corrected chi connectivity index (χ1v) is 9.80. The van der Waals surface area contributed by atoms with Crippen molar-refractivity contribution in [1.29, 1.82) is 0 Å². The van der Waals surface area contributed by atoms with Crippen LogP contribution in [-0.4, -0.2) is 37.3 Å². The highest BCUT2D eigenvalue weighted by molar-refractivity contribution is 5.95. The van der Waals surface area contributed by atoms with E-state index in [0.29, 0.717) is 11.5 Å². The second-order valence-electron chi connectivity index (χ2n) is 6.84. The van der Waals surface area contributed by atoms with Crippen LogP contribution < -0.4 is 15.4 Å². The second-order valence-corrected chi connectivity index (χ2v) is 6.84. The fourth-order valence-electron chi connectivity index (χ4n) is 2.98. The number of urea groups is 1. The van der Waals surface area contributed by atoms with Crippen molar-refractivity contribution in [2.24, 2.45) is 0 Å². The lowest BCUT2D eigenvalue weighted by atomic mass is 10.0. The van der Waals surface area contributed by atoms with Gasteiger partial charge in [0, 0.05) is 0 Å². The minimum atomic E-state index is -0.896. The van der Waals surface area contributed by atoms with E-state index in [4.69, 9.17) is 18.6 Å². The van der Waals surface area contributed by atoms with E-state index in [1.54, 1.807) is 38.1 Å². The second kappa shape index (κ2) is 9.84. The number of ether oxygens (including phenoxy) is 3. The van der Waals surface area contributed by atoms with Crippen molar-refractivity contribution >= 4 is 18.0 Å². The van der Waals surface area contributed by atoms with Crippen molar-refractivity contribution in [2.75, 3.05) is 13.2 Å². The number of nitrogens with one attached hydrogen (secondary N) is 2. The Balaban J connectivity index is 1.76. The Labute approximate surface area is 179 Å². The molecule has 2 aromatic rings. The van der Waals surface area contributed by atoms with Gasteiger partial charge in [0.25, 0.3) is 0 Å². The van der Waals surface area contributed by atoms with Gasteiger partial charge in [-0.2, -0.15) is 0 Å². The number of carbonyl (C=O) groups excluding carboxylic acids is 3. The third-order valence-electron chi connectivity index (χ3n) is 4.50. The van der Waals surface area contributed by atoms with E-state index < -0.39 is 30.1 Å². The maximum absolute atomic E-state index is 12.6. The number of hydrogen-bond donors (Lipinski definition) is 2. The molecule has 0 aliphatic carbocycles. The van der Waals surface area contributed by atoms with Gasteiger partial charge in [-0.1, -0.05) is 17.7 Å². The number of benzene rings is 1. The highest BCUT2D eigenvalue weighted by Gasteiger charge is 2.36. The molecule has 0 radical (unpaired) electrons. The van der Waals surface area contributed by atoms with Crippen molar-refractivity contribution in [1.82, 2.24) is 10.6 Å². The molecule has 0 fully saturated rings. The van der Waals surface area contributed by atoms with E-state index in [-0.39, 0.29) is 24.5 Å². The zero-order valence-corrected chi connectivity index (χ0v) is 17.5. The van der Waals surface area contributed by atoms with Crippen LogP contribution in [0.25, 0.3) is 0 Å². The molecule has 1 aromatic carbocycles. The summed E-state index contributed by atoms with van der Waals surface area (Å²) >= 11 is 0. The molecule has 3 rings (SSSR count). The highest BCUT2D eigenvalue weighted by Crippen LogP contribution is 2.28. The standard InChI is InChI=1S/C22H24N2O7/c1-4-28-21(26)18-16(23-22(27)24-19(18)17-6-5-11-29-17)12-30-20(25)14(3)31-15-9-7-13(2)8-10-15/h5-11,14,19H,4,12H2,1-3H3,(H2,23,24,27). The summed E-state index contributed by atoms with van der Waals surface area (Å²) < 4.78 is 21.4. The molecular weight excluding hydrogens is 404 g/mol. The van der Waals surface area contributed by atoms with Crippen LogP contribution in [-0.2, 0) is 19.1 Å². The Morgan fingerprint density at radius 1 is 1.16 bits per heavy atom. The number of aryl methyl sites for hydroxylation is 1. The predicted molar refractivity (Wildman–Crippen MR) is 109 cm³/mol. The van der Waals surface area contributed by atoms with Gasteiger partial charge in [0.15, 0.2) is 6.10 Å². The fraction of sp³-hybridized carbons (Fsp3) is 0.318. The average Bonchev–Trinajstić information content (AvgIpc) is 3.28. The highest BCUT2D eigenvalue weighted by atomic mass is 16.6. The topological polar surface area (TPSA) is 116 Å². The van der Waals surface area contributed by atoms with Gasteiger partial charge in [0.05, 0.1) is 24.1 Å². The van der Waals surface area contributed by atoms with Gasteiger partial charge in [-0.25, -0.2) is 14.4 Å². The largest absolute Gasteiger partial charge is 0.479 e. The molecule has 2 amide bonds. The van der Waals surface area contributed by atoms with Crippen molar-refractivity contribution in [2.45, 2.75) is 32.9 Å². The van der Waals surface area contributed by atoms with Crippen LogP contribution in [0.15, 0.2) is 58.3 Å². The zero-order chi connectivity index (χ0) is 22.4. The molecule has 0 saturated heterocycles. The number of hydrogen-bond acceptors (Lipinski definition) is 7. The Morgan fingerprint density at radius 3 is 2.55 bits per heavy atom. The van der Waals surface area contributed by atoms with Crippen molar-refractivity contribution in [3.8, 4) is 5.75 Å². The van der Waals surface area contributed by atoms with E-state index in [0.717, 1.165) is 5.56 Å². The van der Waals surface area contributed by atoms with Gasteiger partial charge in [-0.15, -0.1) is 0 Å². The van der Waals surface area contributed by atoms with Crippen molar-refractivity contribution < 1.29 is 33.0 Å². The molecule has 9 heteroatoms. The summed E-state index contributed by atoms with van der Waals surface area (Å²) in [6, 6.07) is 9.05. The maximum atomic E-state index is 12.6. The minimum Gasteiger partial charge on any atom is -0.479 e. The van der Waals surface area contributed by atoms with Crippen LogP contribution >= 0.6 is 0 Å². The molecule has 2 N–H and O–H groups in total. The van der Waals surface area contributed by atoms with Gasteiger partial charge in [-0.05, 0) is 45.0 Å². The number of carbonyl (C=O) groups is 3. The summed E-state index contributed by atoms with van der Waals surface area (Å²) in [4.78, 5) is 37.1. The third kappa shape index (κ3) is 5.44. The van der Waals surface area contributed by atoms with Crippen LogP contribution in [0.1, 0.15) is 31.2 Å². The zero-order valence-electron chi connectivity index (χ0n) is 17.5. The Bertz CT molecular complexity index is 964. The minimum absolute atomic E-state index is 0.0938. The molecule has 1 aromatic heterocycles. The van der Waals surface area contributed by atoms with Gasteiger partial charge < -0.3 is 29.3 Å². The van der Waals surface area contributed by atoms with Crippen LogP contribution in [0, 0.1) is 6.92 Å². The molecule has 0 saturated carbocycles. The number of amides is 2. The Hall–Kier alpha value is -3.75. The number of esters is 2. The van der Waals surface area contributed by atoms with Crippen molar-refractivity contribution in [3.05, 3.63) is 65.3 Å². The number of rotatable bonds is 8. The first-order chi connectivity index (χ1) is 14.9. The quantitative estimate of drug-likeness (QED) is 0.621. The van der Waals surface area contributed by atoms with Crippen LogP contribution in [0.5, 0.6) is 5.75 Å². The molecule has 0 bridgehead atoms. The molecule has 164 valence electrons. The molecule has 1 aliphatic heterocycles. The SMILES string of the molecule is CCOC(=O)C1=C(COC(=O)C(C)Oc2ccc(C)cc2)NC(=O)NC1c1ccco1. The van der Waals surface area contributed by atoms with E-state index in [9.17, 15) is 14.4 Å². The lowest BCUT2D eigenvalue weighted by Crippen LogP contribution is -2.47. The van der Waals surface area contributed by atoms with Crippen LogP contribution in [0.4, 0.5) is 4.79 Å². The third-order valence-corrected chi connectivity index (χ3v) is 4.50. The van der Waals surface area contributed by atoms with E-state index in [1.165, 1.54) is 6.26 Å². The summed E-state index contributed by atoms with van der Waals surface area (Å²) in [5.74, 6) is -0.447. The predicted octanol–water partition coefficient (Wildman–Crippen LogP) is 2.77. The maximum Gasteiger partial charge on any atom is 0.347 e. The average molecular weight is 428 g/mol. The normalized spacial score (nSPS) is 16.7. The van der Waals surface area contributed by atoms with Crippen molar-refractivity contribution in [3.63, 3.8) is 0 Å². The summed E-state index contributed by atoms with van der Waals surface area (Å²) in [5, 5.41) is 5.14. The van der Waals surface area contributed by atoms with Gasteiger partial charge in [0.1, 0.15) is 24.2 Å². The summed E-state index contributed by atoms with van der Waals surface area (Å²) in [6.45, 7) is 4.95. The first-order valence-electron chi connectivity index (χ1n) is 9.80. The summed E-state index contributed by atoms with van der Waals surface area (Å²) in [7, 11) is 0. The molecule has 0 spiro atoms. The van der Waals surface area contributed by atoms with Gasteiger partial charge in [-0.3, -0.25) is 0 Å². The Morgan fingerprint density at radius 2 is 1.90 bits per heavy atom. The molecular formula is C22H24N2O7. The van der Waals surface area contributed by atoms with Gasteiger partial charge >= 0.3 is 18.0 Å². The smallest absolute Gasteiger partial charge is 0.347 e. The van der Waals surface area contributed by atoms with Crippen LogP contribution in [0.2, 0.25) is 0 Å². The van der Waals surface area contributed by atoms with Crippen LogP contribution in [0.3, 0.4) is 0 Å². The molecule has 2 unspecified atom stereocenters. The molecule has 2 heterocycles. The lowest BCUT2D eigenvalue weighted by Gasteiger charge is -2.27.